The zero-order valence-electron chi connectivity index (χ0n) is 14.0. The number of nitrogens with zero attached hydrogens (tertiary/aromatic N) is 1. The maximum Gasteiger partial charge on any atom is 0.131 e. The second kappa shape index (κ2) is 11.9. The van der Waals surface area contributed by atoms with Gasteiger partial charge in [0.2, 0.25) is 0 Å². The molecule has 0 spiro atoms. The summed E-state index contributed by atoms with van der Waals surface area (Å²) in [7, 11) is 1.62. The van der Waals surface area contributed by atoms with Gasteiger partial charge in [0.15, 0.2) is 0 Å². The Kier molecular flexibility index (Phi) is 11.6. The average Bonchev–Trinajstić information content (AvgIpc) is 2.53. The third-order valence-corrected chi connectivity index (χ3v) is 4.24. The molecule has 6 heteroatoms. The van der Waals surface area contributed by atoms with Gasteiger partial charge in [0.25, 0.3) is 0 Å². The van der Waals surface area contributed by atoms with E-state index in [1.54, 1.807) is 19.2 Å². The molecular formula is C17H29Cl2FN2O. The molecule has 1 aromatic rings. The SMILES string of the molecule is CCCCC[C@H](c1c(F)cccc1OC)N1CCNCC1.Cl.Cl. The van der Waals surface area contributed by atoms with Crippen LogP contribution in [0.3, 0.4) is 0 Å². The van der Waals surface area contributed by atoms with Gasteiger partial charge in [-0.3, -0.25) is 4.90 Å². The molecule has 1 fully saturated rings. The molecule has 134 valence electrons. The van der Waals surface area contributed by atoms with Crippen molar-refractivity contribution in [2.45, 2.75) is 38.6 Å². The molecular weight excluding hydrogens is 338 g/mol. The number of benzene rings is 1. The Morgan fingerprint density at radius 3 is 2.52 bits per heavy atom. The first kappa shape index (κ1) is 22.4. The summed E-state index contributed by atoms with van der Waals surface area (Å²) >= 11 is 0. The van der Waals surface area contributed by atoms with E-state index in [9.17, 15) is 4.39 Å². The number of hydrogen-bond donors (Lipinski definition) is 1. The van der Waals surface area contributed by atoms with E-state index in [1.165, 1.54) is 12.8 Å². The highest BCUT2D eigenvalue weighted by Crippen LogP contribution is 2.35. The highest BCUT2D eigenvalue weighted by molar-refractivity contribution is 5.85. The van der Waals surface area contributed by atoms with Crippen molar-refractivity contribution in [3.05, 3.63) is 29.6 Å². The minimum atomic E-state index is -0.144. The van der Waals surface area contributed by atoms with Crippen LogP contribution in [0.25, 0.3) is 0 Å². The molecule has 1 aliphatic heterocycles. The summed E-state index contributed by atoms with van der Waals surface area (Å²) in [6.07, 6.45) is 4.50. The monoisotopic (exact) mass is 366 g/mol. The topological polar surface area (TPSA) is 24.5 Å². The lowest BCUT2D eigenvalue weighted by Crippen LogP contribution is -2.45. The van der Waals surface area contributed by atoms with Crippen LogP contribution >= 0.6 is 24.8 Å². The van der Waals surface area contributed by atoms with Crippen molar-refractivity contribution in [2.24, 2.45) is 0 Å². The Bertz CT molecular complexity index is 443. The maximum atomic E-state index is 14.4. The molecule has 0 saturated carbocycles. The molecule has 0 bridgehead atoms. The summed E-state index contributed by atoms with van der Waals surface area (Å²) in [4.78, 5) is 2.40. The van der Waals surface area contributed by atoms with Crippen LogP contribution in [-0.4, -0.2) is 38.2 Å². The predicted molar refractivity (Wildman–Crippen MR) is 98.8 cm³/mol. The van der Waals surface area contributed by atoms with Gasteiger partial charge >= 0.3 is 0 Å². The maximum absolute atomic E-state index is 14.4. The summed E-state index contributed by atoms with van der Waals surface area (Å²) < 4.78 is 19.9. The van der Waals surface area contributed by atoms with E-state index in [2.05, 4.69) is 17.1 Å². The van der Waals surface area contributed by atoms with Crippen LogP contribution in [0.15, 0.2) is 18.2 Å². The normalized spacial score (nSPS) is 16.1. The summed E-state index contributed by atoms with van der Waals surface area (Å²) in [6, 6.07) is 5.26. The highest BCUT2D eigenvalue weighted by Gasteiger charge is 2.27. The summed E-state index contributed by atoms with van der Waals surface area (Å²) in [6.45, 7) is 6.08. The second-order valence-electron chi connectivity index (χ2n) is 5.65. The number of unbranched alkanes of at least 4 members (excludes halogenated alkanes) is 2. The van der Waals surface area contributed by atoms with Crippen LogP contribution in [0.5, 0.6) is 5.75 Å². The fraction of sp³-hybridized carbons (Fsp3) is 0.647. The largest absolute Gasteiger partial charge is 0.496 e. The average molecular weight is 367 g/mol. The van der Waals surface area contributed by atoms with Crippen LogP contribution < -0.4 is 10.1 Å². The lowest BCUT2D eigenvalue weighted by Gasteiger charge is -2.36. The van der Waals surface area contributed by atoms with Crippen molar-refractivity contribution in [1.29, 1.82) is 0 Å². The molecule has 0 aliphatic carbocycles. The van der Waals surface area contributed by atoms with Gasteiger partial charge in [-0.15, -0.1) is 24.8 Å². The molecule has 2 rings (SSSR count). The number of ether oxygens (including phenoxy) is 1. The highest BCUT2D eigenvalue weighted by atomic mass is 35.5. The van der Waals surface area contributed by atoms with Gasteiger partial charge in [-0.2, -0.15) is 0 Å². The van der Waals surface area contributed by atoms with Gasteiger partial charge in [0, 0.05) is 37.8 Å². The number of nitrogens with one attached hydrogen (secondary N) is 1. The van der Waals surface area contributed by atoms with E-state index < -0.39 is 0 Å². The third kappa shape index (κ3) is 6.11. The number of rotatable bonds is 7. The zero-order chi connectivity index (χ0) is 15.1. The van der Waals surface area contributed by atoms with Crippen molar-refractivity contribution >= 4 is 24.8 Å². The minimum absolute atomic E-state index is 0. The Labute approximate surface area is 151 Å². The van der Waals surface area contributed by atoms with Gasteiger partial charge < -0.3 is 10.1 Å². The molecule has 1 aliphatic rings. The van der Waals surface area contributed by atoms with Gasteiger partial charge in [-0.25, -0.2) is 4.39 Å². The predicted octanol–water partition coefficient (Wildman–Crippen LogP) is 4.20. The Balaban J connectivity index is 0.00000242. The van der Waals surface area contributed by atoms with Crippen LogP contribution in [0.4, 0.5) is 4.39 Å². The first-order valence-electron chi connectivity index (χ1n) is 8.05. The van der Waals surface area contributed by atoms with E-state index in [0.717, 1.165) is 44.6 Å². The quantitative estimate of drug-likeness (QED) is 0.731. The number of hydrogen-bond acceptors (Lipinski definition) is 3. The molecule has 1 heterocycles. The molecule has 1 N–H and O–H groups in total. The molecule has 23 heavy (non-hydrogen) atoms. The third-order valence-electron chi connectivity index (χ3n) is 4.24. The van der Waals surface area contributed by atoms with Gasteiger partial charge in [0.1, 0.15) is 11.6 Å². The van der Waals surface area contributed by atoms with Crippen molar-refractivity contribution in [3.8, 4) is 5.75 Å². The Hall–Kier alpha value is -0.550. The Morgan fingerprint density at radius 2 is 1.91 bits per heavy atom. The molecule has 0 amide bonds. The van der Waals surface area contributed by atoms with Gasteiger partial charge in [-0.1, -0.05) is 32.3 Å². The molecule has 0 aromatic heterocycles. The first-order valence-corrected chi connectivity index (χ1v) is 8.05. The first-order chi connectivity index (χ1) is 10.3. The lowest BCUT2D eigenvalue weighted by molar-refractivity contribution is 0.156. The fourth-order valence-corrected chi connectivity index (χ4v) is 3.11. The van der Waals surface area contributed by atoms with Gasteiger partial charge in [-0.05, 0) is 18.6 Å². The fourth-order valence-electron chi connectivity index (χ4n) is 3.11. The summed E-state index contributed by atoms with van der Waals surface area (Å²) in [5.74, 6) is 0.532. The number of methoxy groups -OCH3 is 1. The van der Waals surface area contributed by atoms with Crippen LogP contribution in [-0.2, 0) is 0 Å². The summed E-state index contributed by atoms with van der Waals surface area (Å²) in [5, 5.41) is 3.36. The van der Waals surface area contributed by atoms with E-state index >= 15 is 0 Å². The van der Waals surface area contributed by atoms with Crippen molar-refractivity contribution in [3.63, 3.8) is 0 Å². The smallest absolute Gasteiger partial charge is 0.131 e. The standard InChI is InChI=1S/C17H27FN2O.2ClH/c1-3-4-5-8-15(20-12-10-19-11-13-20)17-14(18)7-6-9-16(17)21-2;;/h6-7,9,15,19H,3-5,8,10-13H2,1-2H3;2*1H/t15-;;/m1../s1. The number of halogens is 3. The van der Waals surface area contributed by atoms with E-state index in [1.807, 2.05) is 6.07 Å². The van der Waals surface area contributed by atoms with Crippen molar-refractivity contribution < 1.29 is 9.13 Å². The molecule has 1 saturated heterocycles. The molecule has 3 nitrogen and oxygen atoms in total. The van der Waals surface area contributed by atoms with Crippen molar-refractivity contribution in [2.75, 3.05) is 33.3 Å². The second-order valence-corrected chi connectivity index (χ2v) is 5.65. The minimum Gasteiger partial charge on any atom is -0.496 e. The lowest BCUT2D eigenvalue weighted by atomic mass is 9.96. The van der Waals surface area contributed by atoms with Crippen molar-refractivity contribution in [1.82, 2.24) is 10.2 Å². The van der Waals surface area contributed by atoms with Gasteiger partial charge in [0.05, 0.1) is 7.11 Å². The summed E-state index contributed by atoms with van der Waals surface area (Å²) in [5.41, 5.74) is 0.734. The molecule has 1 aromatic carbocycles. The number of piperazine rings is 1. The van der Waals surface area contributed by atoms with E-state index in [-0.39, 0.29) is 36.7 Å². The van der Waals surface area contributed by atoms with Crippen LogP contribution in [0.1, 0.15) is 44.2 Å². The van der Waals surface area contributed by atoms with E-state index in [4.69, 9.17) is 4.74 Å². The zero-order valence-corrected chi connectivity index (χ0v) is 15.6. The molecule has 0 unspecified atom stereocenters. The Morgan fingerprint density at radius 1 is 1.22 bits per heavy atom. The van der Waals surface area contributed by atoms with E-state index in [0.29, 0.717) is 5.75 Å². The molecule has 1 atom stereocenters. The van der Waals surface area contributed by atoms with Crippen LogP contribution in [0.2, 0.25) is 0 Å². The molecule has 0 radical (unpaired) electrons. The van der Waals surface area contributed by atoms with Crippen LogP contribution in [0, 0.1) is 5.82 Å².